The number of hydrogen-bond acceptors (Lipinski definition) is 7. The van der Waals surface area contributed by atoms with Crippen molar-refractivity contribution in [3.63, 3.8) is 0 Å². The van der Waals surface area contributed by atoms with Crippen LogP contribution in [-0.4, -0.2) is 87.2 Å². The van der Waals surface area contributed by atoms with Crippen LogP contribution in [0.3, 0.4) is 0 Å². The zero-order valence-corrected chi connectivity index (χ0v) is 16.2. The van der Waals surface area contributed by atoms with Gasteiger partial charge in [-0.1, -0.05) is 19.3 Å². The van der Waals surface area contributed by atoms with E-state index >= 15 is 0 Å². The number of nitrogens with zero attached hydrogens (tertiary/aromatic N) is 6. The van der Waals surface area contributed by atoms with Crippen LogP contribution < -0.4 is 4.90 Å². The number of hydrogen-bond donors (Lipinski definition) is 0. The largest absolute Gasteiger partial charge is 0.338 e. The normalized spacial score (nSPS) is 21.3. The average molecular weight is 400 g/mol. The molecule has 3 fully saturated rings. The highest BCUT2D eigenvalue weighted by molar-refractivity contribution is 6.45. The molecule has 5 amide bonds. The monoisotopic (exact) mass is 400 g/mol. The van der Waals surface area contributed by atoms with Crippen molar-refractivity contribution >= 4 is 29.7 Å². The van der Waals surface area contributed by atoms with Gasteiger partial charge in [0.1, 0.15) is 6.54 Å². The van der Waals surface area contributed by atoms with Gasteiger partial charge in [-0.05, 0) is 18.9 Å². The minimum atomic E-state index is -0.898. The van der Waals surface area contributed by atoms with Crippen LogP contribution in [0.2, 0.25) is 0 Å². The molecule has 2 aliphatic heterocycles. The third kappa shape index (κ3) is 3.79. The summed E-state index contributed by atoms with van der Waals surface area (Å²) in [5.41, 5.74) is 0. The molecule has 0 radical (unpaired) electrons. The van der Waals surface area contributed by atoms with Gasteiger partial charge in [-0.25, -0.2) is 19.7 Å². The topological polar surface area (TPSA) is 107 Å². The second-order valence-electron chi connectivity index (χ2n) is 7.56. The number of urea groups is 1. The molecule has 0 N–H and O–H groups in total. The zero-order chi connectivity index (χ0) is 20.4. The van der Waals surface area contributed by atoms with Gasteiger partial charge in [0.05, 0.1) is 0 Å². The molecule has 0 unspecified atom stereocenters. The Labute approximate surface area is 168 Å². The summed E-state index contributed by atoms with van der Waals surface area (Å²) in [6.45, 7) is 1.60. The van der Waals surface area contributed by atoms with Crippen LogP contribution in [0.5, 0.6) is 0 Å². The summed E-state index contributed by atoms with van der Waals surface area (Å²) in [6.07, 6.45) is 7.71. The molecule has 0 aromatic carbocycles. The van der Waals surface area contributed by atoms with Crippen molar-refractivity contribution in [1.29, 1.82) is 0 Å². The van der Waals surface area contributed by atoms with Crippen molar-refractivity contribution in [2.75, 3.05) is 37.6 Å². The summed E-state index contributed by atoms with van der Waals surface area (Å²) < 4.78 is 0. The summed E-state index contributed by atoms with van der Waals surface area (Å²) in [4.78, 5) is 63.9. The third-order valence-electron chi connectivity index (χ3n) is 5.78. The molecule has 0 spiro atoms. The van der Waals surface area contributed by atoms with Crippen molar-refractivity contribution in [3.8, 4) is 0 Å². The predicted octanol–water partition coefficient (Wildman–Crippen LogP) is 0.249. The van der Waals surface area contributed by atoms with E-state index in [0.717, 1.165) is 41.9 Å². The summed E-state index contributed by atoms with van der Waals surface area (Å²) in [7, 11) is 0. The van der Waals surface area contributed by atoms with Crippen LogP contribution in [0.25, 0.3) is 0 Å². The van der Waals surface area contributed by atoms with Gasteiger partial charge in [0.25, 0.3) is 0 Å². The molecule has 29 heavy (non-hydrogen) atoms. The lowest BCUT2D eigenvalue weighted by molar-refractivity contribution is -0.145. The number of carbonyl (C=O) groups excluding carboxylic acids is 4. The summed E-state index contributed by atoms with van der Waals surface area (Å²) in [5, 5.41) is 0. The van der Waals surface area contributed by atoms with Gasteiger partial charge in [-0.15, -0.1) is 0 Å². The van der Waals surface area contributed by atoms with E-state index in [4.69, 9.17) is 0 Å². The van der Waals surface area contributed by atoms with Gasteiger partial charge in [0.15, 0.2) is 0 Å². The predicted molar refractivity (Wildman–Crippen MR) is 102 cm³/mol. The van der Waals surface area contributed by atoms with E-state index in [1.807, 2.05) is 4.90 Å². The SMILES string of the molecule is O=C(CN1C(=O)C(=O)N(C2CCCCC2)C1=O)N1CCN(c2ncccn2)CC1. The van der Waals surface area contributed by atoms with E-state index in [0.29, 0.717) is 32.1 Å². The fourth-order valence-electron chi connectivity index (χ4n) is 4.17. The van der Waals surface area contributed by atoms with E-state index in [9.17, 15) is 19.2 Å². The van der Waals surface area contributed by atoms with Crippen LogP contribution in [0, 0.1) is 0 Å². The lowest BCUT2D eigenvalue weighted by Gasteiger charge is -2.35. The first kappa shape index (κ1) is 19.3. The molecule has 3 heterocycles. The molecule has 3 aliphatic rings. The molecule has 1 aromatic heterocycles. The van der Waals surface area contributed by atoms with Crippen molar-refractivity contribution < 1.29 is 19.2 Å². The van der Waals surface area contributed by atoms with E-state index in [2.05, 4.69) is 9.97 Å². The van der Waals surface area contributed by atoms with Crippen molar-refractivity contribution in [2.24, 2.45) is 0 Å². The Bertz CT molecular complexity index is 802. The van der Waals surface area contributed by atoms with Gasteiger partial charge in [-0.2, -0.15) is 0 Å². The van der Waals surface area contributed by atoms with E-state index in [1.165, 1.54) is 0 Å². The molecule has 10 nitrogen and oxygen atoms in total. The average Bonchev–Trinajstić information content (AvgIpc) is 2.98. The molecular weight excluding hydrogens is 376 g/mol. The minimum absolute atomic E-state index is 0.234. The first-order chi connectivity index (χ1) is 14.1. The second-order valence-corrected chi connectivity index (χ2v) is 7.56. The van der Waals surface area contributed by atoms with Crippen LogP contribution in [0.1, 0.15) is 32.1 Å². The zero-order valence-electron chi connectivity index (χ0n) is 16.2. The number of aromatic nitrogens is 2. The highest BCUT2D eigenvalue weighted by atomic mass is 16.2. The van der Waals surface area contributed by atoms with Crippen LogP contribution in [0.4, 0.5) is 10.7 Å². The Kier molecular flexibility index (Phi) is 5.41. The molecule has 0 atom stereocenters. The van der Waals surface area contributed by atoms with Gasteiger partial charge in [0, 0.05) is 44.6 Å². The second kappa shape index (κ2) is 8.14. The number of piperazine rings is 1. The molecule has 1 aromatic rings. The third-order valence-corrected chi connectivity index (χ3v) is 5.78. The summed E-state index contributed by atoms with van der Waals surface area (Å²) >= 11 is 0. The van der Waals surface area contributed by atoms with Gasteiger partial charge in [-0.3, -0.25) is 19.3 Å². The lowest BCUT2D eigenvalue weighted by Crippen LogP contribution is -2.52. The molecule has 2 saturated heterocycles. The summed E-state index contributed by atoms with van der Waals surface area (Å²) in [6, 6.07) is 0.851. The maximum atomic E-state index is 12.7. The Hall–Kier alpha value is -3.04. The maximum absolute atomic E-state index is 12.7. The Morgan fingerprint density at radius 1 is 0.931 bits per heavy atom. The lowest BCUT2D eigenvalue weighted by atomic mass is 9.94. The van der Waals surface area contributed by atoms with Crippen molar-refractivity contribution in [1.82, 2.24) is 24.7 Å². The van der Waals surface area contributed by atoms with Crippen LogP contribution >= 0.6 is 0 Å². The number of rotatable bonds is 4. The smallest absolute Gasteiger partial charge is 0.334 e. The molecule has 10 heteroatoms. The van der Waals surface area contributed by atoms with Gasteiger partial charge < -0.3 is 9.80 Å². The molecule has 4 rings (SSSR count). The maximum Gasteiger partial charge on any atom is 0.334 e. The molecule has 0 bridgehead atoms. The number of anilines is 1. The van der Waals surface area contributed by atoms with Crippen LogP contribution in [-0.2, 0) is 14.4 Å². The quantitative estimate of drug-likeness (QED) is 0.527. The molecule has 154 valence electrons. The standard InChI is InChI=1S/C19H24N6O4/c26-15(22-9-11-23(12-10-22)18-20-7-4-8-21-18)13-24-16(27)17(28)25(19(24)29)14-5-2-1-3-6-14/h4,7-8,14H,1-3,5-6,9-13H2. The van der Waals surface area contributed by atoms with E-state index < -0.39 is 24.4 Å². The number of carbonyl (C=O) groups is 4. The van der Waals surface area contributed by atoms with Gasteiger partial charge in [0.2, 0.25) is 11.9 Å². The molecule has 1 aliphatic carbocycles. The summed E-state index contributed by atoms with van der Waals surface area (Å²) in [5.74, 6) is -1.43. The fraction of sp³-hybridized carbons (Fsp3) is 0.579. The highest BCUT2D eigenvalue weighted by Crippen LogP contribution is 2.27. The highest BCUT2D eigenvalue weighted by Gasteiger charge is 2.48. The number of amides is 5. The van der Waals surface area contributed by atoms with Gasteiger partial charge >= 0.3 is 17.8 Å². The Morgan fingerprint density at radius 3 is 2.24 bits per heavy atom. The first-order valence-electron chi connectivity index (χ1n) is 10.0. The first-order valence-corrected chi connectivity index (χ1v) is 10.0. The van der Waals surface area contributed by atoms with E-state index in [-0.39, 0.29) is 11.9 Å². The van der Waals surface area contributed by atoms with E-state index in [1.54, 1.807) is 23.4 Å². The Morgan fingerprint density at radius 2 is 1.59 bits per heavy atom. The van der Waals surface area contributed by atoms with Crippen LogP contribution in [0.15, 0.2) is 18.5 Å². The fourth-order valence-corrected chi connectivity index (χ4v) is 4.17. The van der Waals surface area contributed by atoms with Crippen molar-refractivity contribution in [2.45, 2.75) is 38.1 Å². The molecule has 1 saturated carbocycles. The molecular formula is C19H24N6O4. The Balaban J connectivity index is 1.35. The number of imide groups is 2. The minimum Gasteiger partial charge on any atom is -0.338 e. The van der Waals surface area contributed by atoms with Crippen molar-refractivity contribution in [3.05, 3.63) is 18.5 Å².